The summed E-state index contributed by atoms with van der Waals surface area (Å²) in [6, 6.07) is 10.8. The van der Waals surface area contributed by atoms with Crippen molar-refractivity contribution in [3.05, 3.63) is 88.5 Å². The number of aliphatic hydroxyl groups excluding tert-OH is 1. The van der Waals surface area contributed by atoms with Crippen LogP contribution in [-0.4, -0.2) is 51.4 Å². The molecule has 0 spiro atoms. The van der Waals surface area contributed by atoms with E-state index in [0.29, 0.717) is 36.3 Å². The maximum Gasteiger partial charge on any atom is 0.270 e. The van der Waals surface area contributed by atoms with Gasteiger partial charge in [0.1, 0.15) is 17.8 Å². The molecule has 1 unspecified atom stereocenters. The summed E-state index contributed by atoms with van der Waals surface area (Å²) >= 11 is 0. The minimum atomic E-state index is -0.861. The van der Waals surface area contributed by atoms with Gasteiger partial charge in [-0.2, -0.15) is 0 Å². The molecule has 2 amide bonds. The molecule has 1 aromatic carbocycles. The molecule has 3 heterocycles. The van der Waals surface area contributed by atoms with Gasteiger partial charge < -0.3 is 25.6 Å². The van der Waals surface area contributed by atoms with Crippen LogP contribution in [0.25, 0.3) is 0 Å². The number of nitrogens with zero attached hydrogens (tertiary/aromatic N) is 2. The molecule has 8 heteroatoms. The second-order valence-corrected chi connectivity index (χ2v) is 8.71. The van der Waals surface area contributed by atoms with E-state index < -0.39 is 12.1 Å². The van der Waals surface area contributed by atoms with Gasteiger partial charge in [0.05, 0.1) is 0 Å². The molecule has 3 aromatic rings. The van der Waals surface area contributed by atoms with E-state index in [0.717, 1.165) is 29.7 Å². The zero-order chi connectivity index (χ0) is 24.1. The summed E-state index contributed by atoms with van der Waals surface area (Å²) in [5.74, 6) is -0.386. The number of likely N-dealkylation sites (tertiary alicyclic amines) is 1. The van der Waals surface area contributed by atoms with Crippen molar-refractivity contribution in [1.82, 2.24) is 25.5 Å². The third-order valence-corrected chi connectivity index (χ3v) is 6.27. The standard InChI is InChI=1S/C26H31N5O3/c1-17-5-6-19(14-27-2)20(12-17)15-30-25(33)23-4-3-11-31(23)26(34)22-13-21(16-29-22)24(32)18-7-9-28-10-8-18/h5-10,12-13,16,23-24,27,29,32H,3-4,11,14-15H2,1-2H3,(H,30,33)/t23-,24?/m0/s1. The predicted molar refractivity (Wildman–Crippen MR) is 129 cm³/mol. The van der Waals surface area contributed by atoms with Crippen LogP contribution in [0.5, 0.6) is 0 Å². The van der Waals surface area contributed by atoms with E-state index in [4.69, 9.17) is 0 Å². The highest BCUT2D eigenvalue weighted by Crippen LogP contribution is 2.25. The second kappa shape index (κ2) is 10.6. The summed E-state index contributed by atoms with van der Waals surface area (Å²) in [4.78, 5) is 34.8. The molecule has 0 saturated carbocycles. The predicted octanol–water partition coefficient (Wildman–Crippen LogP) is 2.44. The number of carbonyl (C=O) groups excluding carboxylic acids is 2. The third kappa shape index (κ3) is 5.18. The van der Waals surface area contributed by atoms with Crippen molar-refractivity contribution in [1.29, 1.82) is 0 Å². The number of aromatic amines is 1. The Hall–Kier alpha value is -3.49. The lowest BCUT2D eigenvalue weighted by Crippen LogP contribution is -2.45. The number of H-pyrrole nitrogens is 1. The smallest absolute Gasteiger partial charge is 0.270 e. The van der Waals surface area contributed by atoms with Gasteiger partial charge in [-0.05, 0) is 61.7 Å². The number of benzene rings is 1. The van der Waals surface area contributed by atoms with Crippen LogP contribution in [-0.2, 0) is 17.9 Å². The number of carbonyl (C=O) groups is 2. The molecule has 0 radical (unpaired) electrons. The van der Waals surface area contributed by atoms with Gasteiger partial charge in [-0.25, -0.2) is 0 Å². The van der Waals surface area contributed by atoms with E-state index in [1.807, 2.05) is 14.0 Å². The van der Waals surface area contributed by atoms with Gasteiger partial charge in [0, 0.05) is 43.8 Å². The number of hydrogen-bond acceptors (Lipinski definition) is 5. The van der Waals surface area contributed by atoms with Crippen LogP contribution in [0, 0.1) is 6.92 Å². The van der Waals surface area contributed by atoms with Gasteiger partial charge in [0.25, 0.3) is 5.91 Å². The van der Waals surface area contributed by atoms with Crippen LogP contribution in [0.3, 0.4) is 0 Å². The molecule has 8 nitrogen and oxygen atoms in total. The fraction of sp³-hybridized carbons (Fsp3) is 0.346. The lowest BCUT2D eigenvalue weighted by atomic mass is 10.0. The van der Waals surface area contributed by atoms with Crippen molar-refractivity contribution >= 4 is 11.8 Å². The number of pyridine rings is 1. The number of aromatic nitrogens is 2. The Balaban J connectivity index is 1.42. The van der Waals surface area contributed by atoms with E-state index in [2.05, 4.69) is 38.8 Å². The number of nitrogens with one attached hydrogen (secondary N) is 3. The minimum absolute atomic E-state index is 0.147. The molecule has 2 atom stereocenters. The maximum absolute atomic E-state index is 13.2. The summed E-state index contributed by atoms with van der Waals surface area (Å²) in [7, 11) is 1.90. The van der Waals surface area contributed by atoms with Crippen molar-refractivity contribution in [3.63, 3.8) is 0 Å². The molecule has 4 N–H and O–H groups in total. The highest BCUT2D eigenvalue weighted by Gasteiger charge is 2.35. The maximum atomic E-state index is 13.2. The van der Waals surface area contributed by atoms with Crippen LogP contribution in [0.15, 0.2) is 55.0 Å². The number of hydrogen-bond donors (Lipinski definition) is 4. The first kappa shape index (κ1) is 23.7. The fourth-order valence-corrected chi connectivity index (χ4v) is 4.45. The normalized spacial score (nSPS) is 16.4. The molecular formula is C26H31N5O3. The highest BCUT2D eigenvalue weighted by atomic mass is 16.3. The van der Waals surface area contributed by atoms with E-state index in [-0.39, 0.29) is 11.8 Å². The van der Waals surface area contributed by atoms with Crippen LogP contribution < -0.4 is 10.6 Å². The van der Waals surface area contributed by atoms with Gasteiger partial charge in [-0.3, -0.25) is 14.6 Å². The zero-order valence-electron chi connectivity index (χ0n) is 19.5. The Labute approximate surface area is 199 Å². The molecule has 1 saturated heterocycles. The van der Waals surface area contributed by atoms with E-state index in [1.54, 1.807) is 41.7 Å². The van der Waals surface area contributed by atoms with Gasteiger partial charge in [-0.1, -0.05) is 23.8 Å². The van der Waals surface area contributed by atoms with Gasteiger partial charge >= 0.3 is 0 Å². The highest BCUT2D eigenvalue weighted by molar-refractivity contribution is 5.96. The first-order valence-corrected chi connectivity index (χ1v) is 11.6. The monoisotopic (exact) mass is 461 g/mol. The van der Waals surface area contributed by atoms with Gasteiger partial charge in [-0.15, -0.1) is 0 Å². The summed E-state index contributed by atoms with van der Waals surface area (Å²) in [5, 5.41) is 16.8. The first-order chi connectivity index (χ1) is 16.5. The Kier molecular flexibility index (Phi) is 7.40. The van der Waals surface area contributed by atoms with Crippen molar-refractivity contribution in [3.8, 4) is 0 Å². The number of aryl methyl sites for hydroxylation is 1. The van der Waals surface area contributed by atoms with Gasteiger partial charge in [0.15, 0.2) is 0 Å². The van der Waals surface area contributed by atoms with Crippen molar-refractivity contribution in [2.45, 2.75) is 45.0 Å². The fourth-order valence-electron chi connectivity index (χ4n) is 4.45. The van der Waals surface area contributed by atoms with Crippen molar-refractivity contribution in [2.75, 3.05) is 13.6 Å². The number of aliphatic hydroxyl groups is 1. The molecule has 0 bridgehead atoms. The molecule has 178 valence electrons. The summed E-state index contributed by atoms with van der Waals surface area (Å²) in [5.41, 5.74) is 4.99. The minimum Gasteiger partial charge on any atom is -0.384 e. The van der Waals surface area contributed by atoms with Crippen molar-refractivity contribution in [2.24, 2.45) is 0 Å². The third-order valence-electron chi connectivity index (χ3n) is 6.27. The quantitative estimate of drug-likeness (QED) is 0.412. The molecule has 1 aliphatic rings. The summed E-state index contributed by atoms with van der Waals surface area (Å²) in [6.07, 6.45) is 5.39. The SMILES string of the molecule is CNCc1ccc(C)cc1CNC(=O)[C@@H]1CCCN1C(=O)c1cc(C(O)c2ccncc2)c[nH]1. The molecule has 1 aliphatic heterocycles. The number of amides is 2. The molecule has 4 rings (SSSR count). The Morgan fingerprint density at radius 3 is 2.71 bits per heavy atom. The lowest BCUT2D eigenvalue weighted by molar-refractivity contribution is -0.125. The molecule has 2 aromatic heterocycles. The van der Waals surface area contributed by atoms with E-state index >= 15 is 0 Å². The average molecular weight is 462 g/mol. The summed E-state index contributed by atoms with van der Waals surface area (Å²) < 4.78 is 0. The van der Waals surface area contributed by atoms with Gasteiger partial charge in [0.2, 0.25) is 5.91 Å². The molecule has 34 heavy (non-hydrogen) atoms. The van der Waals surface area contributed by atoms with E-state index in [9.17, 15) is 14.7 Å². The molecular weight excluding hydrogens is 430 g/mol. The average Bonchev–Trinajstić information content (AvgIpc) is 3.54. The largest absolute Gasteiger partial charge is 0.384 e. The molecule has 0 aliphatic carbocycles. The number of rotatable bonds is 8. The Bertz CT molecular complexity index is 1140. The Morgan fingerprint density at radius 1 is 1.15 bits per heavy atom. The lowest BCUT2D eigenvalue weighted by Gasteiger charge is -2.24. The Morgan fingerprint density at radius 2 is 1.94 bits per heavy atom. The van der Waals surface area contributed by atoms with Crippen LogP contribution >= 0.6 is 0 Å². The van der Waals surface area contributed by atoms with Crippen LogP contribution in [0.4, 0.5) is 0 Å². The zero-order valence-corrected chi connectivity index (χ0v) is 19.5. The topological polar surface area (TPSA) is 110 Å². The van der Waals surface area contributed by atoms with Crippen LogP contribution in [0.1, 0.15) is 57.3 Å². The first-order valence-electron chi connectivity index (χ1n) is 11.6. The molecule has 1 fully saturated rings. The van der Waals surface area contributed by atoms with Crippen molar-refractivity contribution < 1.29 is 14.7 Å². The second-order valence-electron chi connectivity index (χ2n) is 8.71. The van der Waals surface area contributed by atoms with Crippen LogP contribution in [0.2, 0.25) is 0 Å². The van der Waals surface area contributed by atoms with E-state index in [1.165, 1.54) is 0 Å². The summed E-state index contributed by atoms with van der Waals surface area (Å²) in [6.45, 7) is 3.69.